The molecule has 2 saturated heterocycles. The van der Waals surface area contributed by atoms with Crippen LogP contribution in [0.4, 0.5) is 9.18 Å². The number of thioether (sulfide) groups is 1. The van der Waals surface area contributed by atoms with Gasteiger partial charge >= 0.3 is 0 Å². The van der Waals surface area contributed by atoms with Crippen molar-refractivity contribution in [2.75, 3.05) is 25.4 Å². The zero-order chi connectivity index (χ0) is 20.5. The second kappa shape index (κ2) is 8.36. The molecule has 1 N–H and O–H groups in total. The minimum Gasteiger partial charge on any atom is -0.340 e. The number of hydrogen-bond acceptors (Lipinski definition) is 6. The maximum atomic E-state index is 13.2. The Morgan fingerprint density at radius 1 is 1.36 bits per heavy atom. The number of imide groups is 1. The molecule has 2 heterocycles. The first-order valence-corrected chi connectivity index (χ1v) is 11.2. The van der Waals surface area contributed by atoms with Gasteiger partial charge < -0.3 is 4.90 Å². The van der Waals surface area contributed by atoms with Gasteiger partial charge in [0.15, 0.2) is 0 Å². The van der Waals surface area contributed by atoms with Crippen molar-refractivity contribution < 1.29 is 27.2 Å². The Morgan fingerprint density at radius 2 is 2.11 bits per heavy atom. The topological polar surface area (TPSA) is 104 Å². The summed E-state index contributed by atoms with van der Waals surface area (Å²) in [6, 6.07) is 2.69. The summed E-state index contributed by atoms with van der Waals surface area (Å²) in [5.41, 5.74) is 0. The molecule has 1 atom stereocenters. The second-order valence-corrected chi connectivity index (χ2v) is 9.43. The van der Waals surface area contributed by atoms with Crippen molar-refractivity contribution in [3.05, 3.63) is 29.0 Å². The van der Waals surface area contributed by atoms with Gasteiger partial charge in [0.1, 0.15) is 5.82 Å². The lowest BCUT2D eigenvalue weighted by atomic mass is 10.2. The zero-order valence-electron chi connectivity index (χ0n) is 14.6. The van der Waals surface area contributed by atoms with Gasteiger partial charge in [-0.1, -0.05) is 23.4 Å². The number of halogens is 2. The van der Waals surface area contributed by atoms with Gasteiger partial charge in [-0.05, 0) is 24.6 Å². The molecule has 0 spiro atoms. The highest BCUT2D eigenvalue weighted by atomic mass is 35.5. The van der Waals surface area contributed by atoms with E-state index in [1.54, 1.807) is 0 Å². The predicted octanol–water partition coefficient (Wildman–Crippen LogP) is 1.44. The van der Waals surface area contributed by atoms with E-state index < -0.39 is 15.8 Å². The highest BCUT2D eigenvalue weighted by molar-refractivity contribution is 8.14. The van der Waals surface area contributed by atoms with Gasteiger partial charge in [0.2, 0.25) is 21.8 Å². The molecule has 0 saturated carbocycles. The van der Waals surface area contributed by atoms with E-state index in [2.05, 4.69) is 4.72 Å². The van der Waals surface area contributed by atoms with E-state index >= 15 is 0 Å². The van der Waals surface area contributed by atoms with Crippen molar-refractivity contribution >= 4 is 50.4 Å². The zero-order valence-corrected chi connectivity index (χ0v) is 16.9. The van der Waals surface area contributed by atoms with Crippen LogP contribution in [0.15, 0.2) is 23.1 Å². The summed E-state index contributed by atoms with van der Waals surface area (Å²) in [5.74, 6) is -1.14. The molecule has 1 unspecified atom stereocenters. The van der Waals surface area contributed by atoms with Crippen LogP contribution in [-0.4, -0.2) is 66.7 Å². The molecule has 0 aromatic heterocycles. The van der Waals surface area contributed by atoms with Crippen LogP contribution >= 0.6 is 23.4 Å². The van der Waals surface area contributed by atoms with Gasteiger partial charge in [-0.15, -0.1) is 0 Å². The predicted molar refractivity (Wildman–Crippen MR) is 101 cm³/mol. The Hall–Kier alpha value is -1.69. The number of hydrogen-bond donors (Lipinski definition) is 1. The van der Waals surface area contributed by atoms with Crippen molar-refractivity contribution in [1.29, 1.82) is 0 Å². The summed E-state index contributed by atoms with van der Waals surface area (Å²) in [6.07, 6.45) is 0.418. The Morgan fingerprint density at radius 3 is 2.75 bits per heavy atom. The highest BCUT2D eigenvalue weighted by Crippen LogP contribution is 2.26. The Kier molecular flexibility index (Phi) is 6.28. The molecule has 1 aromatic rings. The third-order valence-electron chi connectivity index (χ3n) is 4.50. The minimum atomic E-state index is -3.93. The van der Waals surface area contributed by atoms with E-state index in [1.807, 2.05) is 0 Å². The third-order valence-corrected chi connectivity index (χ3v) is 7.08. The molecule has 3 amide bonds. The van der Waals surface area contributed by atoms with Gasteiger partial charge in [0.25, 0.3) is 5.24 Å². The molecule has 2 fully saturated rings. The van der Waals surface area contributed by atoms with Gasteiger partial charge in [0.05, 0.1) is 21.7 Å². The van der Waals surface area contributed by atoms with Crippen molar-refractivity contribution in [3.63, 3.8) is 0 Å². The lowest BCUT2D eigenvalue weighted by Crippen LogP contribution is -2.42. The molecule has 2 aliphatic heterocycles. The van der Waals surface area contributed by atoms with E-state index in [-0.39, 0.29) is 58.3 Å². The van der Waals surface area contributed by atoms with Crippen LogP contribution in [0.2, 0.25) is 5.02 Å². The molecule has 0 bridgehead atoms. The van der Waals surface area contributed by atoms with Gasteiger partial charge in [-0.25, -0.2) is 17.5 Å². The van der Waals surface area contributed by atoms with E-state index in [9.17, 15) is 27.2 Å². The summed E-state index contributed by atoms with van der Waals surface area (Å²) >= 11 is 6.55. The average molecular weight is 450 g/mol. The Balaban J connectivity index is 1.51. The quantitative estimate of drug-likeness (QED) is 0.704. The summed E-state index contributed by atoms with van der Waals surface area (Å²) in [7, 11) is -3.93. The van der Waals surface area contributed by atoms with Crippen LogP contribution < -0.4 is 4.72 Å². The Labute approximate surface area is 170 Å². The van der Waals surface area contributed by atoms with Crippen molar-refractivity contribution in [2.45, 2.75) is 23.8 Å². The average Bonchev–Trinajstić information content (AvgIpc) is 3.23. The number of benzene rings is 1. The van der Waals surface area contributed by atoms with Gasteiger partial charge in [0, 0.05) is 26.1 Å². The van der Waals surface area contributed by atoms with E-state index in [1.165, 1.54) is 9.80 Å². The smallest absolute Gasteiger partial charge is 0.289 e. The maximum absolute atomic E-state index is 13.2. The molecule has 0 aliphatic carbocycles. The molecule has 12 heteroatoms. The fraction of sp³-hybridized carbons (Fsp3) is 0.438. The SMILES string of the molecule is O=C(CCNS(=O)(=O)c1ccc(F)c(Cl)c1)N1CCC(N2C(=O)CSC2=O)C1. The highest BCUT2D eigenvalue weighted by Gasteiger charge is 2.40. The normalized spacial score (nSPS) is 20.3. The molecular formula is C16H17ClFN3O5S2. The minimum absolute atomic E-state index is 0.0858. The molecule has 3 rings (SSSR count). The Bertz CT molecular complexity index is 911. The van der Waals surface area contributed by atoms with Crippen molar-refractivity contribution in [1.82, 2.24) is 14.5 Å². The van der Waals surface area contributed by atoms with Crippen molar-refractivity contribution in [3.8, 4) is 0 Å². The third kappa shape index (κ3) is 4.48. The molecule has 1 aromatic carbocycles. The molecule has 28 heavy (non-hydrogen) atoms. The number of nitrogens with zero attached hydrogens (tertiary/aromatic N) is 2. The largest absolute Gasteiger partial charge is 0.340 e. The fourth-order valence-corrected chi connectivity index (χ4v) is 5.15. The number of rotatable bonds is 6. The van der Waals surface area contributed by atoms with Crippen LogP contribution in [-0.2, 0) is 19.6 Å². The second-order valence-electron chi connectivity index (χ2n) is 6.32. The number of nitrogens with one attached hydrogen (secondary N) is 1. The standard InChI is InChI=1S/C16H17ClFN3O5S2/c17-12-7-11(1-2-13(12)18)28(25,26)19-5-3-14(22)20-6-4-10(8-20)21-15(23)9-27-16(21)24/h1-2,7,10,19H,3-6,8-9H2. The molecule has 2 aliphatic rings. The summed E-state index contributed by atoms with van der Waals surface area (Å²) in [6.45, 7) is 0.498. The maximum Gasteiger partial charge on any atom is 0.289 e. The van der Waals surface area contributed by atoms with Gasteiger partial charge in [-0.2, -0.15) is 0 Å². The lowest BCUT2D eigenvalue weighted by Gasteiger charge is -2.22. The van der Waals surface area contributed by atoms with Crippen LogP contribution in [0.25, 0.3) is 0 Å². The van der Waals surface area contributed by atoms with E-state index in [0.717, 1.165) is 30.0 Å². The summed E-state index contributed by atoms with van der Waals surface area (Å²) in [5, 5.41) is -0.610. The van der Waals surface area contributed by atoms with Gasteiger partial charge in [-0.3, -0.25) is 19.3 Å². The monoisotopic (exact) mass is 449 g/mol. The van der Waals surface area contributed by atoms with E-state index in [0.29, 0.717) is 13.0 Å². The first kappa shape index (κ1) is 21.0. The molecule has 8 nitrogen and oxygen atoms in total. The van der Waals surface area contributed by atoms with E-state index in [4.69, 9.17) is 11.6 Å². The van der Waals surface area contributed by atoms with Crippen LogP contribution in [0, 0.1) is 5.82 Å². The van der Waals surface area contributed by atoms with Crippen molar-refractivity contribution in [2.24, 2.45) is 0 Å². The number of sulfonamides is 1. The number of carbonyl (C=O) groups is 3. The summed E-state index contributed by atoms with van der Waals surface area (Å²) < 4.78 is 39.8. The molecule has 152 valence electrons. The van der Waals surface area contributed by atoms with Crippen LogP contribution in [0.3, 0.4) is 0 Å². The molecule has 0 radical (unpaired) electrons. The fourth-order valence-electron chi connectivity index (χ4n) is 3.07. The first-order valence-electron chi connectivity index (χ1n) is 8.40. The lowest BCUT2D eigenvalue weighted by molar-refractivity contribution is -0.131. The van der Waals surface area contributed by atoms with Crippen LogP contribution in [0.5, 0.6) is 0 Å². The number of carbonyl (C=O) groups excluding carboxylic acids is 3. The number of likely N-dealkylation sites (tertiary alicyclic amines) is 1. The van der Waals surface area contributed by atoms with Crippen LogP contribution in [0.1, 0.15) is 12.8 Å². The summed E-state index contributed by atoms with van der Waals surface area (Å²) in [4.78, 5) is 38.4. The number of amides is 3. The molecular weight excluding hydrogens is 433 g/mol. The first-order chi connectivity index (χ1) is 13.2.